The zero-order chi connectivity index (χ0) is 13.1. The Morgan fingerprint density at radius 1 is 1.06 bits per heavy atom. The van der Waals surface area contributed by atoms with Crippen LogP contribution in [0.4, 0.5) is 0 Å². The molecule has 1 heterocycles. The molecule has 1 aliphatic rings. The highest BCUT2D eigenvalue weighted by Crippen LogP contribution is 2.24. The third kappa shape index (κ3) is 2.78. The largest absolute Gasteiger partial charge is 0.462 e. The zero-order valence-electron chi connectivity index (χ0n) is 9.59. The lowest BCUT2D eigenvalue weighted by molar-refractivity contribution is -0.266. The molecular formula is C12H16O5S. The number of para-hydroxylation sites is 1. The van der Waals surface area contributed by atoms with Crippen LogP contribution in [0.5, 0.6) is 5.75 Å². The van der Waals surface area contributed by atoms with Gasteiger partial charge in [0.25, 0.3) is 0 Å². The topological polar surface area (TPSA) is 79.2 Å². The first kappa shape index (κ1) is 13.6. The second kappa shape index (κ2) is 5.90. The van der Waals surface area contributed by atoms with E-state index in [2.05, 4.69) is 12.6 Å². The maximum absolute atomic E-state index is 9.80. The lowest BCUT2D eigenvalue weighted by Crippen LogP contribution is -2.59. The molecule has 0 radical (unpaired) electrons. The first-order chi connectivity index (χ1) is 8.63. The molecule has 1 fully saturated rings. The first-order valence-corrected chi connectivity index (χ1v) is 6.29. The minimum absolute atomic E-state index is 0.222. The van der Waals surface area contributed by atoms with Gasteiger partial charge in [-0.25, -0.2) is 0 Å². The molecule has 5 nitrogen and oxygen atoms in total. The van der Waals surface area contributed by atoms with E-state index in [4.69, 9.17) is 9.47 Å². The second-order valence-corrected chi connectivity index (χ2v) is 4.49. The highest BCUT2D eigenvalue weighted by molar-refractivity contribution is 7.80. The molecule has 1 aromatic rings. The van der Waals surface area contributed by atoms with Crippen LogP contribution in [0, 0.1) is 0 Å². The van der Waals surface area contributed by atoms with Gasteiger partial charge in [0, 0.05) is 5.75 Å². The minimum Gasteiger partial charge on any atom is -0.462 e. The summed E-state index contributed by atoms with van der Waals surface area (Å²) in [6.07, 6.45) is -5.50. The maximum Gasteiger partial charge on any atom is 0.229 e. The Bertz CT molecular complexity index is 372. The van der Waals surface area contributed by atoms with Crippen molar-refractivity contribution in [2.75, 3.05) is 5.75 Å². The van der Waals surface area contributed by atoms with Gasteiger partial charge in [0.2, 0.25) is 6.29 Å². The first-order valence-electron chi connectivity index (χ1n) is 5.65. The van der Waals surface area contributed by atoms with Crippen LogP contribution in [0.2, 0.25) is 0 Å². The predicted octanol–water partition coefficient (Wildman–Crippen LogP) is -0.197. The molecule has 0 unspecified atom stereocenters. The van der Waals surface area contributed by atoms with Gasteiger partial charge < -0.3 is 24.8 Å². The molecule has 5 atom stereocenters. The van der Waals surface area contributed by atoms with Gasteiger partial charge in [-0.15, -0.1) is 0 Å². The van der Waals surface area contributed by atoms with E-state index < -0.39 is 30.7 Å². The number of ether oxygens (including phenoxy) is 2. The second-order valence-electron chi connectivity index (χ2n) is 4.13. The van der Waals surface area contributed by atoms with E-state index >= 15 is 0 Å². The molecule has 0 spiro atoms. The van der Waals surface area contributed by atoms with Crippen LogP contribution < -0.4 is 4.74 Å². The molecule has 18 heavy (non-hydrogen) atoms. The molecule has 1 aromatic carbocycles. The summed E-state index contributed by atoms with van der Waals surface area (Å²) in [5.74, 6) is 0.739. The van der Waals surface area contributed by atoms with Crippen molar-refractivity contribution in [3.05, 3.63) is 30.3 Å². The van der Waals surface area contributed by atoms with E-state index in [0.717, 1.165) is 0 Å². The van der Waals surface area contributed by atoms with E-state index in [0.29, 0.717) is 5.75 Å². The molecule has 3 N–H and O–H groups in total. The van der Waals surface area contributed by atoms with Gasteiger partial charge in [-0.1, -0.05) is 18.2 Å². The molecule has 0 bridgehead atoms. The molecule has 100 valence electrons. The summed E-state index contributed by atoms with van der Waals surface area (Å²) in [5, 5.41) is 29.2. The van der Waals surface area contributed by atoms with E-state index in [1.54, 1.807) is 24.3 Å². The van der Waals surface area contributed by atoms with Crippen molar-refractivity contribution < 1.29 is 24.8 Å². The van der Waals surface area contributed by atoms with Crippen LogP contribution in [0.3, 0.4) is 0 Å². The van der Waals surface area contributed by atoms with Gasteiger partial charge in [0.1, 0.15) is 24.1 Å². The molecule has 0 aliphatic carbocycles. The maximum atomic E-state index is 9.80. The Hall–Kier alpha value is -0.790. The van der Waals surface area contributed by atoms with E-state index in [1.165, 1.54) is 0 Å². The normalized spacial score (nSPS) is 36.3. The predicted molar refractivity (Wildman–Crippen MR) is 67.6 cm³/mol. The minimum atomic E-state index is -1.32. The van der Waals surface area contributed by atoms with Crippen molar-refractivity contribution in [3.63, 3.8) is 0 Å². The van der Waals surface area contributed by atoms with Gasteiger partial charge in [0.05, 0.1) is 6.10 Å². The molecule has 0 amide bonds. The van der Waals surface area contributed by atoms with Crippen LogP contribution in [0.25, 0.3) is 0 Å². The number of rotatable bonds is 3. The average Bonchev–Trinajstić information content (AvgIpc) is 2.40. The Balaban J connectivity index is 2.08. The smallest absolute Gasteiger partial charge is 0.229 e. The van der Waals surface area contributed by atoms with E-state index in [9.17, 15) is 15.3 Å². The number of hydrogen-bond acceptors (Lipinski definition) is 6. The summed E-state index contributed by atoms with van der Waals surface area (Å²) in [6, 6.07) is 8.82. The number of thiol groups is 1. The van der Waals surface area contributed by atoms with Crippen LogP contribution in [-0.2, 0) is 4.74 Å². The molecule has 0 aromatic heterocycles. The van der Waals surface area contributed by atoms with Crippen molar-refractivity contribution in [3.8, 4) is 5.75 Å². The van der Waals surface area contributed by atoms with Gasteiger partial charge in [-0.05, 0) is 12.1 Å². The summed E-state index contributed by atoms with van der Waals surface area (Å²) in [7, 11) is 0. The zero-order valence-corrected chi connectivity index (χ0v) is 10.5. The van der Waals surface area contributed by atoms with Crippen molar-refractivity contribution >= 4 is 12.6 Å². The van der Waals surface area contributed by atoms with Crippen LogP contribution in [-0.4, -0.2) is 51.8 Å². The lowest BCUT2D eigenvalue weighted by Gasteiger charge is -2.39. The Labute approximate surface area is 110 Å². The van der Waals surface area contributed by atoms with Crippen LogP contribution >= 0.6 is 12.6 Å². The summed E-state index contributed by atoms with van der Waals surface area (Å²) in [4.78, 5) is 0. The van der Waals surface area contributed by atoms with Crippen molar-refractivity contribution in [1.29, 1.82) is 0 Å². The van der Waals surface area contributed by atoms with Gasteiger partial charge >= 0.3 is 0 Å². The van der Waals surface area contributed by atoms with Gasteiger partial charge in [-0.2, -0.15) is 12.6 Å². The van der Waals surface area contributed by atoms with Crippen molar-refractivity contribution in [1.82, 2.24) is 0 Å². The van der Waals surface area contributed by atoms with Gasteiger partial charge in [0.15, 0.2) is 0 Å². The fraction of sp³-hybridized carbons (Fsp3) is 0.500. The molecular weight excluding hydrogens is 256 g/mol. The summed E-state index contributed by atoms with van der Waals surface area (Å²) < 4.78 is 10.8. The fourth-order valence-corrected chi connectivity index (χ4v) is 2.10. The number of aliphatic hydroxyl groups is 3. The lowest BCUT2D eigenvalue weighted by atomic mass is 10.00. The SMILES string of the molecule is O[C@@H]1[C@@H](O)[C@H](Oc2ccccc2)O[C@H](CS)[C@H]1O. The van der Waals surface area contributed by atoms with Crippen molar-refractivity contribution in [2.24, 2.45) is 0 Å². The summed E-state index contributed by atoms with van der Waals surface area (Å²) >= 11 is 4.03. The monoisotopic (exact) mass is 272 g/mol. The Kier molecular flexibility index (Phi) is 4.47. The molecule has 1 aliphatic heterocycles. The highest BCUT2D eigenvalue weighted by Gasteiger charge is 2.44. The highest BCUT2D eigenvalue weighted by atomic mass is 32.1. The number of hydrogen-bond donors (Lipinski definition) is 4. The Morgan fingerprint density at radius 3 is 2.33 bits per heavy atom. The van der Waals surface area contributed by atoms with Crippen LogP contribution in [0.1, 0.15) is 0 Å². The standard InChI is InChI=1S/C12H16O5S/c13-9-8(6-18)17-12(11(15)10(9)14)16-7-4-2-1-3-5-7/h1-5,8-15,18H,6H2/t8-,9-,10+,11-,12-/m1/s1. The third-order valence-corrected chi connectivity index (χ3v) is 3.20. The molecule has 2 rings (SSSR count). The van der Waals surface area contributed by atoms with Gasteiger partial charge in [-0.3, -0.25) is 0 Å². The molecule has 0 saturated carbocycles. The third-order valence-electron chi connectivity index (χ3n) is 2.84. The van der Waals surface area contributed by atoms with E-state index in [1.807, 2.05) is 6.07 Å². The quantitative estimate of drug-likeness (QED) is 0.573. The van der Waals surface area contributed by atoms with Crippen LogP contribution in [0.15, 0.2) is 30.3 Å². The molecule has 1 saturated heterocycles. The number of benzene rings is 1. The number of aliphatic hydroxyl groups excluding tert-OH is 3. The summed E-state index contributed by atoms with van der Waals surface area (Å²) in [5.41, 5.74) is 0. The Morgan fingerprint density at radius 2 is 1.72 bits per heavy atom. The van der Waals surface area contributed by atoms with E-state index in [-0.39, 0.29) is 5.75 Å². The average molecular weight is 272 g/mol. The fourth-order valence-electron chi connectivity index (χ4n) is 1.80. The summed E-state index contributed by atoms with van der Waals surface area (Å²) in [6.45, 7) is 0. The molecule has 6 heteroatoms. The van der Waals surface area contributed by atoms with Crippen molar-refractivity contribution in [2.45, 2.75) is 30.7 Å².